The van der Waals surface area contributed by atoms with Crippen molar-refractivity contribution in [1.82, 2.24) is 20.4 Å². The minimum Gasteiger partial charge on any atom is -0.496 e. The van der Waals surface area contributed by atoms with Gasteiger partial charge < -0.3 is 25.4 Å². The summed E-state index contributed by atoms with van der Waals surface area (Å²) in [6, 6.07) is 15.3. The van der Waals surface area contributed by atoms with Gasteiger partial charge in [-0.25, -0.2) is 4.79 Å². The Morgan fingerprint density at radius 1 is 0.957 bits per heavy atom. The molecule has 6 rings (SSSR count). The number of ether oxygens (including phenoxy) is 1. The van der Waals surface area contributed by atoms with E-state index >= 15 is 0 Å². The van der Waals surface area contributed by atoms with E-state index in [1.54, 1.807) is 7.11 Å². The number of amides is 3. The average Bonchev–Trinajstić information content (AvgIpc) is 3.82. The van der Waals surface area contributed by atoms with Gasteiger partial charge in [0.15, 0.2) is 0 Å². The van der Waals surface area contributed by atoms with Gasteiger partial charge in [0, 0.05) is 36.0 Å². The fraction of sp³-hybridized carbons (Fsp3) is 0.514. The molecule has 47 heavy (non-hydrogen) atoms. The van der Waals surface area contributed by atoms with E-state index in [0.717, 1.165) is 53.8 Å². The van der Waals surface area contributed by atoms with E-state index in [9.17, 15) is 14.4 Å². The van der Waals surface area contributed by atoms with Crippen LogP contribution >= 0.6 is 0 Å². The third-order valence-corrected chi connectivity index (χ3v) is 10.3. The Bertz CT molecular complexity index is 1570. The van der Waals surface area contributed by atoms with Crippen molar-refractivity contribution >= 4 is 23.6 Å². The zero-order valence-electron chi connectivity index (χ0n) is 27.5. The van der Waals surface area contributed by atoms with Crippen LogP contribution in [0.4, 0.5) is 10.5 Å². The van der Waals surface area contributed by atoms with Gasteiger partial charge in [-0.05, 0) is 118 Å². The van der Waals surface area contributed by atoms with E-state index in [1.165, 1.54) is 18.4 Å². The van der Waals surface area contributed by atoms with Crippen molar-refractivity contribution in [2.45, 2.75) is 89.1 Å². The van der Waals surface area contributed by atoms with Crippen LogP contribution in [0.15, 0.2) is 54.9 Å². The third kappa shape index (κ3) is 8.15. The lowest BCUT2D eigenvalue weighted by molar-refractivity contribution is -0.123. The number of carbonyl (C=O) groups excluding carboxylic acids is 2. The molecule has 3 fully saturated rings. The Hall–Kier alpha value is -4.34. The van der Waals surface area contributed by atoms with E-state index in [0.29, 0.717) is 50.1 Å². The zero-order chi connectivity index (χ0) is 32.9. The monoisotopic (exact) mass is 641 g/mol. The summed E-state index contributed by atoms with van der Waals surface area (Å²) in [6.07, 6.45) is 12.2. The van der Waals surface area contributed by atoms with Crippen molar-refractivity contribution in [3.05, 3.63) is 66.0 Å². The molecule has 250 valence electrons. The van der Waals surface area contributed by atoms with Gasteiger partial charge in [0.25, 0.3) is 0 Å². The largest absolute Gasteiger partial charge is 0.496 e. The highest BCUT2D eigenvalue weighted by Crippen LogP contribution is 2.39. The van der Waals surface area contributed by atoms with Gasteiger partial charge in [0.05, 0.1) is 25.9 Å². The normalized spacial score (nSPS) is 22.7. The van der Waals surface area contributed by atoms with Crippen molar-refractivity contribution in [2.75, 3.05) is 25.1 Å². The Kier molecular flexibility index (Phi) is 10.1. The summed E-state index contributed by atoms with van der Waals surface area (Å²) >= 11 is 0. The lowest BCUT2D eigenvalue weighted by Gasteiger charge is -2.36. The lowest BCUT2D eigenvalue weighted by Crippen LogP contribution is -2.46. The van der Waals surface area contributed by atoms with Gasteiger partial charge in [0.2, 0.25) is 11.8 Å². The second-order valence-electron chi connectivity index (χ2n) is 13.7. The Balaban J connectivity index is 1.14. The molecular formula is C37H47N5O5. The number of aryl methyl sites for hydroxylation is 1. The molecule has 0 spiro atoms. The summed E-state index contributed by atoms with van der Waals surface area (Å²) in [5.74, 6) is 1.54. The lowest BCUT2D eigenvalue weighted by atomic mass is 9.78. The molecule has 3 aliphatic carbocycles. The van der Waals surface area contributed by atoms with Crippen LogP contribution in [0.5, 0.6) is 5.75 Å². The van der Waals surface area contributed by atoms with Gasteiger partial charge >= 0.3 is 6.09 Å². The molecule has 0 radical (unpaired) electrons. The molecule has 0 saturated heterocycles. The second-order valence-corrected chi connectivity index (χ2v) is 13.7. The molecule has 3 aliphatic rings. The molecule has 3 amide bonds. The van der Waals surface area contributed by atoms with Crippen LogP contribution < -0.4 is 20.3 Å². The van der Waals surface area contributed by atoms with Crippen molar-refractivity contribution < 1.29 is 24.2 Å². The second kappa shape index (κ2) is 14.6. The summed E-state index contributed by atoms with van der Waals surface area (Å²) in [4.78, 5) is 39.3. The van der Waals surface area contributed by atoms with Gasteiger partial charge in [-0.3, -0.25) is 14.3 Å². The Morgan fingerprint density at radius 3 is 2.40 bits per heavy atom. The number of hydrogen-bond donors (Lipinski definition) is 3. The summed E-state index contributed by atoms with van der Waals surface area (Å²) in [6.45, 7) is 2.52. The van der Waals surface area contributed by atoms with Gasteiger partial charge in [-0.15, -0.1) is 0 Å². The molecule has 1 heterocycles. The first-order valence-electron chi connectivity index (χ1n) is 17.1. The minimum absolute atomic E-state index is 0.0567. The number of hydrogen-bond acceptors (Lipinski definition) is 5. The molecule has 0 unspecified atom stereocenters. The smallest absolute Gasteiger partial charge is 0.405 e. The van der Waals surface area contributed by atoms with E-state index in [1.807, 2.05) is 17.2 Å². The van der Waals surface area contributed by atoms with Gasteiger partial charge in [-0.2, -0.15) is 5.10 Å². The summed E-state index contributed by atoms with van der Waals surface area (Å²) in [7, 11) is 1.71. The summed E-state index contributed by atoms with van der Waals surface area (Å²) in [5.41, 5.74) is 5.59. The van der Waals surface area contributed by atoms with Crippen LogP contribution in [0, 0.1) is 18.8 Å². The first kappa shape index (κ1) is 32.6. The highest BCUT2D eigenvalue weighted by molar-refractivity contribution is 5.95. The topological polar surface area (TPSA) is 126 Å². The minimum atomic E-state index is -1.22. The predicted molar refractivity (Wildman–Crippen MR) is 181 cm³/mol. The Morgan fingerprint density at radius 2 is 1.72 bits per heavy atom. The quantitative estimate of drug-likeness (QED) is 0.221. The van der Waals surface area contributed by atoms with E-state index < -0.39 is 6.09 Å². The maximum absolute atomic E-state index is 14.3. The van der Waals surface area contributed by atoms with Gasteiger partial charge in [0.1, 0.15) is 5.75 Å². The Labute approximate surface area is 276 Å². The number of carboxylic acid groups (broad SMARTS) is 1. The van der Waals surface area contributed by atoms with Crippen LogP contribution in [-0.4, -0.2) is 59.0 Å². The fourth-order valence-electron chi connectivity index (χ4n) is 7.43. The van der Waals surface area contributed by atoms with Gasteiger partial charge in [-0.1, -0.05) is 24.3 Å². The van der Waals surface area contributed by atoms with Crippen molar-refractivity contribution in [1.29, 1.82) is 0 Å². The highest BCUT2D eigenvalue weighted by Gasteiger charge is 2.33. The highest BCUT2D eigenvalue weighted by atomic mass is 16.5. The molecule has 1 aromatic heterocycles. The molecule has 3 N–H and O–H groups in total. The summed E-state index contributed by atoms with van der Waals surface area (Å²) < 4.78 is 7.53. The maximum atomic E-state index is 14.3. The molecule has 10 nitrogen and oxygen atoms in total. The van der Waals surface area contributed by atoms with Crippen molar-refractivity contribution in [3.8, 4) is 16.9 Å². The van der Waals surface area contributed by atoms with E-state index in [-0.39, 0.29) is 30.3 Å². The van der Waals surface area contributed by atoms with Crippen LogP contribution in [0.2, 0.25) is 0 Å². The zero-order valence-corrected chi connectivity index (χ0v) is 27.5. The van der Waals surface area contributed by atoms with Crippen molar-refractivity contribution in [2.24, 2.45) is 11.8 Å². The molecule has 0 aliphatic heterocycles. The average molecular weight is 642 g/mol. The number of nitrogens with one attached hydrogen (secondary N) is 2. The number of carbonyl (C=O) groups is 3. The number of aromatic nitrogens is 2. The van der Waals surface area contributed by atoms with Crippen LogP contribution in [-0.2, 0) is 9.59 Å². The maximum Gasteiger partial charge on any atom is 0.405 e. The molecule has 3 aromatic rings. The third-order valence-electron chi connectivity index (χ3n) is 10.3. The fourth-order valence-corrected chi connectivity index (χ4v) is 7.43. The molecule has 2 aromatic carbocycles. The first-order chi connectivity index (χ1) is 22.8. The molecule has 0 bridgehead atoms. The van der Waals surface area contributed by atoms with Crippen molar-refractivity contribution in [3.63, 3.8) is 0 Å². The van der Waals surface area contributed by atoms with Crippen LogP contribution in [0.25, 0.3) is 11.1 Å². The SMILES string of the molecule is COc1ccc([C@H]2CC[C@H](CN(c3cccc(-c4cnn(C5CC5)c4)c3)C(=O)[C@H]3CC[C@H](NC(=O)CNC(=O)O)CC3)CC2)cc1C. The molecule has 0 atom stereocenters. The van der Waals surface area contributed by atoms with Crippen LogP contribution in [0.3, 0.4) is 0 Å². The number of nitrogens with zero attached hydrogens (tertiary/aromatic N) is 3. The van der Waals surface area contributed by atoms with E-state index in [4.69, 9.17) is 9.84 Å². The standard InChI is InChI=1S/C37H47N5O5/c1-24-18-29(12-17-34(24)47-2)26-8-6-25(7-9-26)22-41(33-5-3-4-28(19-33)30-20-39-42(23-30)32-15-16-32)36(44)27-10-13-31(14-11-27)40-35(43)21-38-37(45)46/h3-5,12,17-20,23,25-27,31-32,38H,6-11,13-16,21-22H2,1-2H3,(H,40,43)(H,45,46)/t25-,26-,27-,31-. The van der Waals surface area contributed by atoms with Crippen LogP contribution in [0.1, 0.15) is 87.3 Å². The van der Waals surface area contributed by atoms with E-state index in [2.05, 4.69) is 69.9 Å². The number of methoxy groups -OCH3 is 1. The first-order valence-corrected chi connectivity index (χ1v) is 17.1. The number of anilines is 1. The number of rotatable bonds is 11. The molecule has 3 saturated carbocycles. The predicted octanol–water partition coefficient (Wildman–Crippen LogP) is 6.45. The molecule has 10 heteroatoms. The molecular weight excluding hydrogens is 594 g/mol. The number of benzene rings is 2. The summed E-state index contributed by atoms with van der Waals surface area (Å²) in [5, 5.41) is 18.4.